The van der Waals surface area contributed by atoms with E-state index in [4.69, 9.17) is 23.2 Å². The van der Waals surface area contributed by atoms with Gasteiger partial charge >= 0.3 is 0 Å². The number of carbonyl (C=O) groups excluding carboxylic acids is 1. The van der Waals surface area contributed by atoms with Crippen molar-refractivity contribution in [2.45, 2.75) is 63.8 Å². The Morgan fingerprint density at radius 2 is 1.79 bits per heavy atom. The SMILES string of the molecule is CC1(C(=O)NC2CC3CCC2(C)C3(C)C)CC1(Cl)Cl. The minimum atomic E-state index is -0.870. The first-order chi connectivity index (χ1) is 8.55. The quantitative estimate of drug-likeness (QED) is 0.770. The number of nitrogens with one attached hydrogen (secondary N) is 1. The molecule has 4 unspecified atom stereocenters. The molecule has 0 aromatic heterocycles. The van der Waals surface area contributed by atoms with Crippen LogP contribution in [0.5, 0.6) is 0 Å². The van der Waals surface area contributed by atoms with Gasteiger partial charge in [0, 0.05) is 6.04 Å². The van der Waals surface area contributed by atoms with Crippen molar-refractivity contribution in [1.29, 1.82) is 0 Å². The van der Waals surface area contributed by atoms with Gasteiger partial charge < -0.3 is 5.32 Å². The topological polar surface area (TPSA) is 29.1 Å². The van der Waals surface area contributed by atoms with E-state index in [0.717, 1.165) is 12.3 Å². The predicted octanol–water partition coefficient (Wildman–Crippen LogP) is 3.90. The number of alkyl halides is 2. The summed E-state index contributed by atoms with van der Waals surface area (Å²) in [6, 6.07) is 0.273. The van der Waals surface area contributed by atoms with Crippen LogP contribution in [-0.4, -0.2) is 16.3 Å². The number of hydrogen-bond acceptors (Lipinski definition) is 1. The van der Waals surface area contributed by atoms with Crippen LogP contribution in [0.3, 0.4) is 0 Å². The molecule has 4 heteroatoms. The average Bonchev–Trinajstić information content (AvgIpc) is 2.65. The summed E-state index contributed by atoms with van der Waals surface area (Å²) in [5.74, 6) is 0.763. The number of amides is 1. The molecule has 19 heavy (non-hydrogen) atoms. The second-order valence-corrected chi connectivity index (χ2v) is 9.33. The van der Waals surface area contributed by atoms with Crippen molar-refractivity contribution >= 4 is 29.1 Å². The molecule has 108 valence electrons. The van der Waals surface area contributed by atoms with E-state index in [-0.39, 0.29) is 17.4 Å². The zero-order valence-electron chi connectivity index (χ0n) is 12.1. The van der Waals surface area contributed by atoms with E-state index in [1.54, 1.807) is 0 Å². The highest BCUT2D eigenvalue weighted by atomic mass is 35.5. The summed E-state index contributed by atoms with van der Waals surface area (Å²) in [6.07, 6.45) is 4.16. The number of hydrogen-bond donors (Lipinski definition) is 1. The minimum Gasteiger partial charge on any atom is -0.352 e. The van der Waals surface area contributed by atoms with Gasteiger partial charge in [0.25, 0.3) is 0 Å². The van der Waals surface area contributed by atoms with Crippen molar-refractivity contribution in [1.82, 2.24) is 5.32 Å². The Kier molecular flexibility index (Phi) is 2.67. The van der Waals surface area contributed by atoms with Crippen LogP contribution in [0.4, 0.5) is 0 Å². The highest BCUT2D eigenvalue weighted by Gasteiger charge is 2.69. The molecule has 2 bridgehead atoms. The molecule has 0 aromatic rings. The van der Waals surface area contributed by atoms with E-state index in [9.17, 15) is 4.79 Å². The summed E-state index contributed by atoms with van der Waals surface area (Å²) < 4.78 is -0.870. The normalized spacial score (nSPS) is 49.2. The third-order valence-electron chi connectivity index (χ3n) is 6.86. The molecule has 0 aliphatic heterocycles. The Balaban J connectivity index is 1.75. The van der Waals surface area contributed by atoms with Crippen molar-refractivity contribution in [2.24, 2.45) is 22.2 Å². The Labute approximate surface area is 125 Å². The predicted molar refractivity (Wildman–Crippen MR) is 78.3 cm³/mol. The van der Waals surface area contributed by atoms with Crippen molar-refractivity contribution in [3.8, 4) is 0 Å². The molecule has 0 spiro atoms. The second kappa shape index (κ2) is 3.62. The standard InChI is InChI=1S/C15H23Cl2NO/c1-12(2)9-5-6-13(12,3)10(7-9)18-11(19)14(4)8-15(14,16)17/h9-10H,5-8H2,1-4H3,(H,18,19). The lowest BCUT2D eigenvalue weighted by molar-refractivity contribution is -0.127. The highest BCUT2D eigenvalue weighted by molar-refractivity contribution is 6.53. The van der Waals surface area contributed by atoms with E-state index in [1.165, 1.54) is 12.8 Å². The Morgan fingerprint density at radius 1 is 1.21 bits per heavy atom. The van der Waals surface area contributed by atoms with Crippen LogP contribution in [0.15, 0.2) is 0 Å². The van der Waals surface area contributed by atoms with E-state index in [0.29, 0.717) is 11.8 Å². The smallest absolute Gasteiger partial charge is 0.229 e. The molecular weight excluding hydrogens is 281 g/mol. The zero-order valence-corrected chi connectivity index (χ0v) is 13.7. The Bertz CT molecular complexity index is 447. The van der Waals surface area contributed by atoms with Crippen LogP contribution in [-0.2, 0) is 4.79 Å². The number of halogens is 2. The summed E-state index contributed by atoms with van der Waals surface area (Å²) in [5, 5.41) is 3.26. The van der Waals surface area contributed by atoms with Crippen LogP contribution in [0, 0.1) is 22.2 Å². The fourth-order valence-electron chi connectivity index (χ4n) is 4.39. The molecule has 1 N–H and O–H groups in total. The van der Waals surface area contributed by atoms with E-state index >= 15 is 0 Å². The van der Waals surface area contributed by atoms with Crippen LogP contribution in [0.1, 0.15) is 53.4 Å². The zero-order chi connectivity index (χ0) is 14.3. The lowest BCUT2D eigenvalue weighted by Crippen LogP contribution is -2.49. The molecular formula is C15H23Cl2NO. The van der Waals surface area contributed by atoms with Gasteiger partial charge in [-0.25, -0.2) is 0 Å². The van der Waals surface area contributed by atoms with Crippen molar-refractivity contribution in [3.05, 3.63) is 0 Å². The first kappa shape index (κ1) is 14.0. The molecule has 3 rings (SSSR count). The third kappa shape index (κ3) is 1.59. The fraction of sp³-hybridized carbons (Fsp3) is 0.933. The molecule has 4 atom stereocenters. The number of carbonyl (C=O) groups is 1. The first-order valence-electron chi connectivity index (χ1n) is 7.23. The maximum absolute atomic E-state index is 12.4. The fourth-order valence-corrected chi connectivity index (χ4v) is 5.09. The molecule has 3 aliphatic carbocycles. The molecule has 0 saturated heterocycles. The molecule has 0 radical (unpaired) electrons. The van der Waals surface area contributed by atoms with E-state index in [1.807, 2.05) is 6.92 Å². The average molecular weight is 304 g/mol. The summed E-state index contributed by atoms with van der Waals surface area (Å²) >= 11 is 12.2. The Morgan fingerprint density at radius 3 is 2.16 bits per heavy atom. The highest BCUT2D eigenvalue weighted by Crippen LogP contribution is 2.67. The van der Waals surface area contributed by atoms with Crippen LogP contribution < -0.4 is 5.32 Å². The van der Waals surface area contributed by atoms with Crippen molar-refractivity contribution in [3.63, 3.8) is 0 Å². The molecule has 3 fully saturated rings. The van der Waals surface area contributed by atoms with Gasteiger partial charge in [-0.2, -0.15) is 0 Å². The van der Waals surface area contributed by atoms with Gasteiger partial charge in [0.05, 0.1) is 5.41 Å². The van der Waals surface area contributed by atoms with Crippen molar-refractivity contribution in [2.75, 3.05) is 0 Å². The lowest BCUT2D eigenvalue weighted by atomic mass is 9.69. The summed E-state index contributed by atoms with van der Waals surface area (Å²) in [6.45, 7) is 8.89. The lowest BCUT2D eigenvalue weighted by Gasteiger charge is -2.39. The maximum atomic E-state index is 12.4. The van der Waals surface area contributed by atoms with E-state index < -0.39 is 9.75 Å². The Hall–Kier alpha value is 0.0500. The summed E-state index contributed by atoms with van der Waals surface area (Å²) in [4.78, 5) is 12.4. The van der Waals surface area contributed by atoms with Gasteiger partial charge in [0.2, 0.25) is 5.91 Å². The van der Waals surface area contributed by atoms with E-state index in [2.05, 4.69) is 26.1 Å². The first-order valence-corrected chi connectivity index (χ1v) is 7.99. The molecule has 2 nitrogen and oxygen atoms in total. The summed E-state index contributed by atoms with van der Waals surface area (Å²) in [5.41, 5.74) is -0.0767. The van der Waals surface area contributed by atoms with Gasteiger partial charge in [-0.15, -0.1) is 23.2 Å². The van der Waals surface area contributed by atoms with Gasteiger partial charge in [-0.1, -0.05) is 20.8 Å². The van der Waals surface area contributed by atoms with Crippen LogP contribution in [0.2, 0.25) is 0 Å². The molecule has 0 aromatic carbocycles. The largest absolute Gasteiger partial charge is 0.352 e. The van der Waals surface area contributed by atoms with Crippen LogP contribution in [0.25, 0.3) is 0 Å². The molecule has 3 saturated carbocycles. The third-order valence-corrected chi connectivity index (χ3v) is 7.96. The maximum Gasteiger partial charge on any atom is 0.229 e. The van der Waals surface area contributed by atoms with Gasteiger partial charge in [0.1, 0.15) is 4.33 Å². The number of fused-ring (bicyclic) bond motifs is 2. The summed E-state index contributed by atoms with van der Waals surface area (Å²) in [7, 11) is 0. The minimum absolute atomic E-state index is 0.0343. The molecule has 0 heterocycles. The van der Waals surface area contributed by atoms with Gasteiger partial charge in [-0.05, 0) is 49.4 Å². The monoisotopic (exact) mass is 303 g/mol. The van der Waals surface area contributed by atoms with Gasteiger partial charge in [-0.3, -0.25) is 4.79 Å². The van der Waals surface area contributed by atoms with Crippen LogP contribution >= 0.6 is 23.2 Å². The van der Waals surface area contributed by atoms with Crippen molar-refractivity contribution < 1.29 is 4.79 Å². The van der Waals surface area contributed by atoms with Gasteiger partial charge in [0.15, 0.2) is 0 Å². The second-order valence-electron chi connectivity index (χ2n) is 7.85. The molecule has 3 aliphatic rings. The number of rotatable bonds is 2. The molecule has 1 amide bonds.